The minimum absolute atomic E-state index is 0.00332. The van der Waals surface area contributed by atoms with Crippen molar-refractivity contribution in [1.29, 1.82) is 0 Å². The fraction of sp³-hybridized carbons (Fsp3) is 0.188. The molecule has 0 amide bonds. The average molecular weight is 358 g/mol. The number of para-hydroxylation sites is 1. The molecule has 1 aromatic carbocycles. The Morgan fingerprint density at radius 1 is 1.27 bits per heavy atom. The number of methoxy groups -OCH3 is 1. The second-order valence-electron chi connectivity index (χ2n) is 5.46. The number of aromatic hydroxyl groups is 1. The number of aromatic amines is 1. The number of aromatic nitrogens is 4. The predicted molar refractivity (Wildman–Crippen MR) is 89.1 cm³/mol. The number of carbonyl (C=O) groups is 2. The largest absolute Gasteiger partial charge is 0.507 e. The van der Waals surface area contributed by atoms with Crippen molar-refractivity contribution in [3.8, 4) is 5.75 Å². The van der Waals surface area contributed by atoms with Gasteiger partial charge in [-0.25, -0.2) is 14.6 Å². The van der Waals surface area contributed by atoms with E-state index in [4.69, 9.17) is 0 Å². The lowest BCUT2D eigenvalue weighted by Crippen LogP contribution is -2.40. The Bertz CT molecular complexity index is 1140. The lowest BCUT2D eigenvalue weighted by Gasteiger charge is -2.17. The van der Waals surface area contributed by atoms with Crippen LogP contribution in [0.25, 0.3) is 11.2 Å². The van der Waals surface area contributed by atoms with Gasteiger partial charge in [-0.1, -0.05) is 12.1 Å². The normalized spacial score (nSPS) is 12.1. The molecular weight excluding hydrogens is 344 g/mol. The fourth-order valence-electron chi connectivity index (χ4n) is 2.68. The zero-order valence-electron chi connectivity index (χ0n) is 13.8. The second kappa shape index (κ2) is 6.31. The molecule has 0 spiro atoms. The molecule has 3 rings (SSSR count). The molecule has 10 heteroatoms. The highest BCUT2D eigenvalue weighted by molar-refractivity contribution is 6.12. The van der Waals surface area contributed by atoms with Gasteiger partial charge in [-0.2, -0.15) is 0 Å². The van der Waals surface area contributed by atoms with Gasteiger partial charge in [-0.15, -0.1) is 0 Å². The monoisotopic (exact) mass is 358 g/mol. The number of phenols is 1. The summed E-state index contributed by atoms with van der Waals surface area (Å²) in [6.45, 7) is 0. The number of fused-ring (bicyclic) bond motifs is 1. The molecule has 2 aromatic heterocycles. The Kier molecular flexibility index (Phi) is 4.16. The summed E-state index contributed by atoms with van der Waals surface area (Å²) in [5, 5.41) is 9.92. The summed E-state index contributed by atoms with van der Waals surface area (Å²) < 4.78 is 6.76. The van der Waals surface area contributed by atoms with Gasteiger partial charge in [0.05, 0.1) is 19.0 Å². The Hall–Kier alpha value is -3.69. The van der Waals surface area contributed by atoms with Gasteiger partial charge in [-0.05, 0) is 12.1 Å². The van der Waals surface area contributed by atoms with E-state index in [1.165, 1.54) is 42.2 Å². The molecule has 0 aliphatic rings. The number of aryl methyl sites for hydroxylation is 1. The van der Waals surface area contributed by atoms with Crippen molar-refractivity contribution < 1.29 is 19.4 Å². The molecule has 10 nitrogen and oxygen atoms in total. The number of imidazole rings is 1. The number of H-pyrrole nitrogens is 1. The first kappa shape index (κ1) is 17.1. The zero-order chi connectivity index (χ0) is 19.0. The molecule has 3 aromatic rings. The highest BCUT2D eigenvalue weighted by Gasteiger charge is 2.35. The van der Waals surface area contributed by atoms with Gasteiger partial charge in [-0.3, -0.25) is 19.1 Å². The van der Waals surface area contributed by atoms with E-state index < -0.39 is 29.0 Å². The van der Waals surface area contributed by atoms with Crippen molar-refractivity contribution in [2.75, 3.05) is 7.11 Å². The number of nitrogens with zero attached hydrogens (tertiary/aromatic N) is 3. The summed E-state index contributed by atoms with van der Waals surface area (Å²) in [7, 11) is 2.58. The van der Waals surface area contributed by atoms with Crippen molar-refractivity contribution in [2.24, 2.45) is 7.05 Å². The van der Waals surface area contributed by atoms with Gasteiger partial charge < -0.3 is 14.4 Å². The smallest absolute Gasteiger partial charge is 0.337 e. The minimum atomic E-state index is -1.77. The molecule has 1 unspecified atom stereocenters. The van der Waals surface area contributed by atoms with Crippen LogP contribution in [0.2, 0.25) is 0 Å². The van der Waals surface area contributed by atoms with Gasteiger partial charge >= 0.3 is 11.7 Å². The van der Waals surface area contributed by atoms with Crippen molar-refractivity contribution in [3.05, 3.63) is 57.0 Å². The van der Waals surface area contributed by atoms with Crippen molar-refractivity contribution >= 4 is 22.9 Å². The molecule has 0 saturated carbocycles. The van der Waals surface area contributed by atoms with Gasteiger partial charge in [0, 0.05) is 7.05 Å². The van der Waals surface area contributed by atoms with Crippen LogP contribution in [0, 0.1) is 0 Å². The van der Waals surface area contributed by atoms with E-state index in [1.807, 2.05) is 0 Å². The highest BCUT2D eigenvalue weighted by Crippen LogP contribution is 2.24. The average Bonchev–Trinajstić information content (AvgIpc) is 2.99. The number of ketones is 1. The summed E-state index contributed by atoms with van der Waals surface area (Å²) in [4.78, 5) is 55.6. The van der Waals surface area contributed by atoms with E-state index in [1.54, 1.807) is 0 Å². The van der Waals surface area contributed by atoms with Crippen molar-refractivity contribution in [1.82, 2.24) is 19.1 Å². The van der Waals surface area contributed by atoms with E-state index in [0.29, 0.717) is 0 Å². The molecule has 26 heavy (non-hydrogen) atoms. The minimum Gasteiger partial charge on any atom is -0.507 e. The topological polar surface area (TPSA) is 136 Å². The van der Waals surface area contributed by atoms with Crippen molar-refractivity contribution in [3.63, 3.8) is 0 Å². The molecule has 0 bridgehead atoms. The number of esters is 1. The molecule has 0 aliphatic carbocycles. The Labute approximate surface area is 145 Å². The van der Waals surface area contributed by atoms with Gasteiger partial charge in [0.25, 0.3) is 5.56 Å². The van der Waals surface area contributed by atoms with Crippen LogP contribution in [0.3, 0.4) is 0 Å². The third kappa shape index (κ3) is 2.57. The Morgan fingerprint density at radius 2 is 1.96 bits per heavy atom. The van der Waals surface area contributed by atoms with Crippen LogP contribution < -0.4 is 11.2 Å². The molecule has 0 radical (unpaired) electrons. The number of rotatable bonds is 4. The number of benzene rings is 1. The number of Topliss-reactive ketones (excluding diaryl/α,β-unsaturated/α-hetero) is 1. The lowest BCUT2D eigenvalue weighted by atomic mass is 10.0. The highest BCUT2D eigenvalue weighted by atomic mass is 16.5. The molecule has 0 fully saturated rings. The van der Waals surface area contributed by atoms with Crippen LogP contribution in [-0.4, -0.2) is 43.1 Å². The standard InChI is InChI=1S/C16H14N4O6/c1-19-7-17-13-11(19)14(23)18-16(25)20(13)10(15(24)26-2)12(22)8-5-3-4-6-9(8)21/h3-7,10,21H,1-2H3,(H,18,23,25). The first-order valence-electron chi connectivity index (χ1n) is 7.42. The molecule has 0 aliphatic heterocycles. The Balaban J connectivity index is 2.32. The maximum Gasteiger partial charge on any atom is 0.337 e. The molecule has 1 atom stereocenters. The quantitative estimate of drug-likeness (QED) is 0.372. The summed E-state index contributed by atoms with van der Waals surface area (Å²) in [6, 6.07) is 3.80. The van der Waals surface area contributed by atoms with E-state index in [-0.39, 0.29) is 22.5 Å². The van der Waals surface area contributed by atoms with Crippen LogP contribution in [0.15, 0.2) is 40.2 Å². The predicted octanol–water partition coefficient (Wildman–Crippen LogP) is -0.274. The van der Waals surface area contributed by atoms with E-state index >= 15 is 0 Å². The number of ether oxygens (including phenoxy) is 1. The van der Waals surface area contributed by atoms with Gasteiger partial charge in [0.15, 0.2) is 11.2 Å². The molecule has 2 heterocycles. The summed E-state index contributed by atoms with van der Waals surface area (Å²) in [5.41, 5.74) is -2.03. The summed E-state index contributed by atoms with van der Waals surface area (Å²) in [5.74, 6) is -2.28. The summed E-state index contributed by atoms with van der Waals surface area (Å²) in [6.07, 6.45) is 1.27. The van der Waals surface area contributed by atoms with Crippen LogP contribution in [0.4, 0.5) is 0 Å². The molecular formula is C16H14N4O6. The molecule has 134 valence electrons. The van der Waals surface area contributed by atoms with Crippen LogP contribution in [0.5, 0.6) is 5.75 Å². The fourth-order valence-corrected chi connectivity index (χ4v) is 2.68. The third-order valence-corrected chi connectivity index (χ3v) is 3.90. The zero-order valence-corrected chi connectivity index (χ0v) is 13.8. The maximum absolute atomic E-state index is 12.9. The van der Waals surface area contributed by atoms with E-state index in [2.05, 4.69) is 14.7 Å². The number of phenolic OH excluding ortho intramolecular Hbond substituents is 1. The second-order valence-corrected chi connectivity index (χ2v) is 5.46. The van der Waals surface area contributed by atoms with Crippen LogP contribution >= 0.6 is 0 Å². The van der Waals surface area contributed by atoms with Crippen molar-refractivity contribution in [2.45, 2.75) is 6.04 Å². The third-order valence-electron chi connectivity index (χ3n) is 3.90. The number of nitrogens with one attached hydrogen (secondary N) is 1. The number of hydrogen-bond donors (Lipinski definition) is 2. The van der Waals surface area contributed by atoms with Gasteiger partial charge in [0.1, 0.15) is 5.75 Å². The van der Waals surface area contributed by atoms with E-state index in [0.717, 1.165) is 11.7 Å². The molecule has 2 N–H and O–H groups in total. The van der Waals surface area contributed by atoms with Crippen LogP contribution in [0.1, 0.15) is 16.4 Å². The van der Waals surface area contributed by atoms with E-state index in [9.17, 15) is 24.3 Å². The number of hydrogen-bond acceptors (Lipinski definition) is 7. The first-order valence-corrected chi connectivity index (χ1v) is 7.42. The Morgan fingerprint density at radius 3 is 2.62 bits per heavy atom. The lowest BCUT2D eigenvalue weighted by molar-refractivity contribution is -0.142. The summed E-state index contributed by atoms with van der Waals surface area (Å²) >= 11 is 0. The first-order chi connectivity index (χ1) is 12.4. The maximum atomic E-state index is 12.9. The molecule has 0 saturated heterocycles. The number of carbonyl (C=O) groups excluding carboxylic acids is 2. The van der Waals surface area contributed by atoms with Crippen LogP contribution in [-0.2, 0) is 16.6 Å². The van der Waals surface area contributed by atoms with Gasteiger partial charge in [0.2, 0.25) is 11.8 Å². The SMILES string of the molecule is COC(=O)C(C(=O)c1ccccc1O)n1c(=O)[nH]c(=O)c2c1ncn2C.